The Morgan fingerprint density at radius 2 is 1.77 bits per heavy atom. The van der Waals surface area contributed by atoms with E-state index < -0.39 is 5.79 Å². The Labute approximate surface area is 131 Å². The molecule has 120 valence electrons. The predicted octanol–water partition coefficient (Wildman–Crippen LogP) is 2.29. The number of piperidine rings is 1. The summed E-state index contributed by atoms with van der Waals surface area (Å²) in [6, 6.07) is 3.85. The summed E-state index contributed by atoms with van der Waals surface area (Å²) in [7, 11) is 1.65. The second-order valence-electron chi connectivity index (χ2n) is 6.04. The van der Waals surface area contributed by atoms with E-state index in [1.54, 1.807) is 7.11 Å². The summed E-state index contributed by atoms with van der Waals surface area (Å²) in [5.41, 5.74) is 2.68. The Kier molecular flexibility index (Phi) is 4.10. The van der Waals surface area contributed by atoms with Crippen molar-refractivity contribution in [3.8, 4) is 5.75 Å². The summed E-state index contributed by atoms with van der Waals surface area (Å²) in [5, 5.41) is 0. The highest BCUT2D eigenvalue weighted by atomic mass is 16.7. The van der Waals surface area contributed by atoms with Gasteiger partial charge in [-0.2, -0.15) is 0 Å². The number of carbonyl (C=O) groups excluding carboxylic acids is 1. The van der Waals surface area contributed by atoms with Gasteiger partial charge in [-0.05, 0) is 37.1 Å². The summed E-state index contributed by atoms with van der Waals surface area (Å²) in [4.78, 5) is 14.7. The van der Waals surface area contributed by atoms with Crippen molar-refractivity contribution in [1.29, 1.82) is 0 Å². The number of carbonyl (C=O) groups is 1. The molecule has 3 rings (SSSR count). The highest BCUT2D eigenvalue weighted by molar-refractivity contribution is 5.96. The van der Waals surface area contributed by atoms with Gasteiger partial charge in [-0.15, -0.1) is 0 Å². The van der Waals surface area contributed by atoms with Crippen LogP contribution in [0.2, 0.25) is 0 Å². The lowest BCUT2D eigenvalue weighted by atomic mass is 10.00. The molecule has 0 aromatic heterocycles. The maximum absolute atomic E-state index is 12.8. The van der Waals surface area contributed by atoms with Crippen LogP contribution in [0.3, 0.4) is 0 Å². The Balaban J connectivity index is 1.73. The molecule has 2 aliphatic heterocycles. The molecule has 2 aliphatic rings. The third-order valence-electron chi connectivity index (χ3n) is 4.60. The van der Waals surface area contributed by atoms with Crippen molar-refractivity contribution in [3.05, 3.63) is 28.8 Å². The minimum Gasteiger partial charge on any atom is -0.496 e. The third kappa shape index (κ3) is 2.71. The van der Waals surface area contributed by atoms with Crippen LogP contribution in [0.1, 0.15) is 34.3 Å². The topological polar surface area (TPSA) is 48.0 Å². The molecule has 1 aromatic carbocycles. The van der Waals surface area contributed by atoms with Gasteiger partial charge in [-0.3, -0.25) is 4.79 Å². The summed E-state index contributed by atoms with van der Waals surface area (Å²) in [6.07, 6.45) is 1.49. The molecular weight excluding hydrogens is 282 g/mol. The molecule has 22 heavy (non-hydrogen) atoms. The van der Waals surface area contributed by atoms with Gasteiger partial charge < -0.3 is 19.1 Å². The molecule has 1 spiro atoms. The molecule has 2 heterocycles. The van der Waals surface area contributed by atoms with Crippen LogP contribution >= 0.6 is 0 Å². The van der Waals surface area contributed by atoms with E-state index in [1.807, 2.05) is 30.9 Å². The molecule has 0 atom stereocenters. The zero-order chi connectivity index (χ0) is 15.7. The number of likely N-dealkylation sites (tertiary alicyclic amines) is 1. The van der Waals surface area contributed by atoms with Crippen LogP contribution < -0.4 is 4.74 Å². The van der Waals surface area contributed by atoms with Crippen molar-refractivity contribution in [1.82, 2.24) is 4.90 Å². The van der Waals surface area contributed by atoms with Gasteiger partial charge in [0.2, 0.25) is 0 Å². The standard InChI is InChI=1S/C17H23NO4/c1-12-11-15(20-3)13(2)10-14(12)16(19)18-6-4-17(5-7-18)21-8-9-22-17/h10-11H,4-9H2,1-3H3. The minimum absolute atomic E-state index is 0.0797. The fourth-order valence-corrected chi connectivity index (χ4v) is 3.25. The van der Waals surface area contributed by atoms with Crippen LogP contribution in [-0.4, -0.2) is 50.0 Å². The van der Waals surface area contributed by atoms with Gasteiger partial charge in [-0.25, -0.2) is 0 Å². The Morgan fingerprint density at radius 1 is 1.14 bits per heavy atom. The van der Waals surface area contributed by atoms with E-state index in [1.165, 1.54) is 0 Å². The van der Waals surface area contributed by atoms with Gasteiger partial charge >= 0.3 is 0 Å². The molecule has 0 saturated carbocycles. The van der Waals surface area contributed by atoms with E-state index in [-0.39, 0.29) is 5.91 Å². The van der Waals surface area contributed by atoms with Crippen molar-refractivity contribution in [2.75, 3.05) is 33.4 Å². The first kappa shape index (κ1) is 15.3. The zero-order valence-corrected chi connectivity index (χ0v) is 13.5. The third-order valence-corrected chi connectivity index (χ3v) is 4.60. The van der Waals surface area contributed by atoms with E-state index >= 15 is 0 Å². The normalized spacial score (nSPS) is 20.4. The van der Waals surface area contributed by atoms with Gasteiger partial charge in [0, 0.05) is 31.5 Å². The smallest absolute Gasteiger partial charge is 0.254 e. The molecule has 2 saturated heterocycles. The van der Waals surface area contributed by atoms with Gasteiger partial charge in [-0.1, -0.05) is 0 Å². The lowest BCUT2D eigenvalue weighted by Gasteiger charge is -2.37. The van der Waals surface area contributed by atoms with Crippen LogP contribution in [0.4, 0.5) is 0 Å². The summed E-state index contributed by atoms with van der Waals surface area (Å²) in [5.74, 6) is 0.456. The zero-order valence-electron chi connectivity index (χ0n) is 13.5. The summed E-state index contributed by atoms with van der Waals surface area (Å²) in [6.45, 7) is 6.56. The molecule has 0 N–H and O–H groups in total. The van der Waals surface area contributed by atoms with E-state index in [2.05, 4.69) is 0 Å². The van der Waals surface area contributed by atoms with Gasteiger partial charge in [0.1, 0.15) is 5.75 Å². The maximum atomic E-state index is 12.8. The van der Waals surface area contributed by atoms with Crippen molar-refractivity contribution < 1.29 is 19.0 Å². The minimum atomic E-state index is -0.443. The number of ether oxygens (including phenoxy) is 3. The number of amides is 1. The van der Waals surface area contributed by atoms with Crippen LogP contribution in [0.15, 0.2) is 12.1 Å². The molecule has 0 radical (unpaired) electrons. The van der Waals surface area contributed by atoms with E-state index in [0.29, 0.717) is 26.3 Å². The Morgan fingerprint density at radius 3 is 2.36 bits per heavy atom. The molecule has 0 unspecified atom stereocenters. The van der Waals surface area contributed by atoms with Crippen molar-refractivity contribution >= 4 is 5.91 Å². The fourth-order valence-electron chi connectivity index (χ4n) is 3.25. The van der Waals surface area contributed by atoms with E-state index in [9.17, 15) is 4.79 Å². The van der Waals surface area contributed by atoms with Crippen molar-refractivity contribution in [3.63, 3.8) is 0 Å². The first-order valence-electron chi connectivity index (χ1n) is 7.77. The average molecular weight is 305 g/mol. The predicted molar refractivity (Wildman–Crippen MR) is 82.2 cm³/mol. The van der Waals surface area contributed by atoms with Crippen LogP contribution in [0.5, 0.6) is 5.75 Å². The number of methoxy groups -OCH3 is 1. The van der Waals surface area contributed by atoms with Crippen molar-refractivity contribution in [2.24, 2.45) is 0 Å². The second-order valence-corrected chi connectivity index (χ2v) is 6.04. The largest absolute Gasteiger partial charge is 0.496 e. The van der Waals surface area contributed by atoms with Gasteiger partial charge in [0.05, 0.1) is 20.3 Å². The molecule has 5 nitrogen and oxygen atoms in total. The number of rotatable bonds is 2. The summed E-state index contributed by atoms with van der Waals surface area (Å²) >= 11 is 0. The fraction of sp³-hybridized carbons (Fsp3) is 0.588. The van der Waals surface area contributed by atoms with Gasteiger partial charge in [0.25, 0.3) is 5.91 Å². The van der Waals surface area contributed by atoms with Gasteiger partial charge in [0.15, 0.2) is 5.79 Å². The summed E-state index contributed by atoms with van der Waals surface area (Å²) < 4.78 is 16.7. The lowest BCUT2D eigenvalue weighted by molar-refractivity contribution is -0.181. The lowest BCUT2D eigenvalue weighted by Crippen LogP contribution is -2.47. The van der Waals surface area contributed by atoms with Crippen LogP contribution in [-0.2, 0) is 9.47 Å². The number of hydrogen-bond acceptors (Lipinski definition) is 4. The number of nitrogens with zero attached hydrogens (tertiary/aromatic N) is 1. The Hall–Kier alpha value is -1.59. The first-order chi connectivity index (χ1) is 10.5. The van der Waals surface area contributed by atoms with Crippen molar-refractivity contribution in [2.45, 2.75) is 32.5 Å². The number of hydrogen-bond donors (Lipinski definition) is 0. The van der Waals surface area contributed by atoms with Crippen LogP contribution in [0, 0.1) is 13.8 Å². The van der Waals surface area contributed by atoms with Crippen LogP contribution in [0.25, 0.3) is 0 Å². The average Bonchev–Trinajstić information content (AvgIpc) is 2.97. The molecule has 1 amide bonds. The Bertz CT molecular complexity index is 568. The first-order valence-corrected chi connectivity index (χ1v) is 7.77. The SMILES string of the molecule is COc1cc(C)c(C(=O)N2CCC3(CC2)OCCO3)cc1C. The molecule has 0 bridgehead atoms. The quantitative estimate of drug-likeness (QED) is 0.841. The molecule has 2 fully saturated rings. The number of aryl methyl sites for hydroxylation is 2. The highest BCUT2D eigenvalue weighted by Gasteiger charge is 2.41. The second kappa shape index (κ2) is 5.89. The maximum Gasteiger partial charge on any atom is 0.254 e. The molecule has 1 aromatic rings. The number of benzene rings is 1. The van der Waals surface area contributed by atoms with E-state index in [4.69, 9.17) is 14.2 Å². The highest BCUT2D eigenvalue weighted by Crippen LogP contribution is 2.32. The molecular formula is C17H23NO4. The monoisotopic (exact) mass is 305 g/mol. The molecule has 5 heteroatoms. The van der Waals surface area contributed by atoms with E-state index in [0.717, 1.165) is 35.3 Å². The molecule has 0 aliphatic carbocycles.